The summed E-state index contributed by atoms with van der Waals surface area (Å²) >= 11 is 6.00. The third-order valence-electron chi connectivity index (χ3n) is 3.16. The zero-order valence-corrected chi connectivity index (χ0v) is 10.5. The molecule has 1 unspecified atom stereocenters. The van der Waals surface area contributed by atoms with E-state index in [1.165, 1.54) is 11.1 Å². The first-order valence-electron chi connectivity index (χ1n) is 5.61. The summed E-state index contributed by atoms with van der Waals surface area (Å²) in [7, 11) is 0. The maximum absolute atomic E-state index is 6.27. The van der Waals surface area contributed by atoms with Gasteiger partial charge < -0.3 is 5.73 Å². The van der Waals surface area contributed by atoms with E-state index in [1.807, 2.05) is 18.2 Å². The van der Waals surface area contributed by atoms with Crippen LogP contribution in [0.4, 0.5) is 0 Å². The highest BCUT2D eigenvalue weighted by atomic mass is 35.5. The highest BCUT2D eigenvalue weighted by Gasteiger charge is 2.17. The molecule has 0 heterocycles. The zero-order chi connectivity index (χ0) is 11.4. The second-order valence-corrected chi connectivity index (χ2v) is 4.54. The monoisotopic (exact) mass is 225 g/mol. The van der Waals surface area contributed by atoms with Gasteiger partial charge in [0, 0.05) is 11.1 Å². The van der Waals surface area contributed by atoms with Gasteiger partial charge in [0.05, 0.1) is 0 Å². The van der Waals surface area contributed by atoms with Crippen LogP contribution >= 0.6 is 11.6 Å². The lowest BCUT2D eigenvalue weighted by Crippen LogP contribution is -2.21. The molecule has 84 valence electrons. The Bertz CT molecular complexity index is 318. The first-order valence-corrected chi connectivity index (χ1v) is 5.99. The summed E-state index contributed by atoms with van der Waals surface area (Å²) in [6, 6.07) is 6.07. The minimum absolute atomic E-state index is 0.110. The van der Waals surface area contributed by atoms with Crippen LogP contribution in [0.2, 0.25) is 5.02 Å². The molecule has 0 amide bonds. The molecule has 1 aromatic rings. The summed E-state index contributed by atoms with van der Waals surface area (Å²) in [6.45, 7) is 6.47. The van der Waals surface area contributed by atoms with Crippen molar-refractivity contribution >= 4 is 11.6 Å². The van der Waals surface area contributed by atoms with Gasteiger partial charge in [0.1, 0.15) is 0 Å². The average Bonchev–Trinajstić information content (AvgIpc) is 2.23. The fraction of sp³-hybridized carbons (Fsp3) is 0.538. The van der Waals surface area contributed by atoms with Crippen molar-refractivity contribution in [3.8, 4) is 0 Å². The summed E-state index contributed by atoms with van der Waals surface area (Å²) in [5, 5.41) is 0.775. The van der Waals surface area contributed by atoms with E-state index in [-0.39, 0.29) is 6.04 Å². The van der Waals surface area contributed by atoms with Gasteiger partial charge in [0.2, 0.25) is 0 Å². The Morgan fingerprint density at radius 1 is 1.27 bits per heavy atom. The molecule has 1 aromatic carbocycles. The molecule has 2 heteroatoms. The fourth-order valence-corrected chi connectivity index (χ4v) is 2.20. The van der Waals surface area contributed by atoms with Crippen molar-refractivity contribution in [2.24, 2.45) is 11.7 Å². The first kappa shape index (κ1) is 12.5. The van der Waals surface area contributed by atoms with E-state index in [9.17, 15) is 0 Å². The molecule has 0 radical (unpaired) electrons. The Morgan fingerprint density at radius 3 is 2.40 bits per heavy atom. The lowest BCUT2D eigenvalue weighted by atomic mass is 9.87. The smallest absolute Gasteiger partial charge is 0.0409 e. The van der Waals surface area contributed by atoms with E-state index in [4.69, 9.17) is 17.3 Å². The van der Waals surface area contributed by atoms with Crippen molar-refractivity contribution in [2.45, 2.75) is 39.7 Å². The van der Waals surface area contributed by atoms with Gasteiger partial charge in [-0.3, -0.25) is 0 Å². The standard InChI is InChI=1S/C13H20ClN/c1-4-10(5-2)13(15)12-8-11(14)7-6-9(12)3/h6-8,10,13H,4-5,15H2,1-3H3. The van der Waals surface area contributed by atoms with Gasteiger partial charge in [-0.05, 0) is 36.1 Å². The molecule has 0 fully saturated rings. The van der Waals surface area contributed by atoms with E-state index in [1.54, 1.807) is 0 Å². The Labute approximate surface area is 97.6 Å². The number of aryl methyl sites for hydroxylation is 1. The van der Waals surface area contributed by atoms with Gasteiger partial charge in [0.15, 0.2) is 0 Å². The topological polar surface area (TPSA) is 26.0 Å². The Morgan fingerprint density at radius 2 is 1.87 bits per heavy atom. The highest BCUT2D eigenvalue weighted by molar-refractivity contribution is 6.30. The molecule has 2 N–H and O–H groups in total. The second kappa shape index (κ2) is 5.53. The number of nitrogens with two attached hydrogens (primary N) is 1. The molecule has 0 saturated heterocycles. The molecule has 0 saturated carbocycles. The van der Waals surface area contributed by atoms with E-state index in [0.29, 0.717) is 5.92 Å². The van der Waals surface area contributed by atoms with E-state index in [2.05, 4.69) is 20.8 Å². The van der Waals surface area contributed by atoms with Gasteiger partial charge in [-0.1, -0.05) is 44.4 Å². The molecule has 0 aliphatic rings. The highest BCUT2D eigenvalue weighted by Crippen LogP contribution is 2.28. The Kier molecular flexibility index (Phi) is 4.62. The average molecular weight is 226 g/mol. The van der Waals surface area contributed by atoms with Crippen LogP contribution in [-0.4, -0.2) is 0 Å². The van der Waals surface area contributed by atoms with Gasteiger partial charge in [0.25, 0.3) is 0 Å². The quantitative estimate of drug-likeness (QED) is 0.821. The number of hydrogen-bond donors (Lipinski definition) is 1. The molecule has 1 atom stereocenters. The van der Waals surface area contributed by atoms with E-state index in [0.717, 1.165) is 17.9 Å². The Balaban J connectivity index is 2.98. The molecule has 0 aromatic heterocycles. The minimum Gasteiger partial charge on any atom is -0.324 e. The largest absolute Gasteiger partial charge is 0.324 e. The maximum atomic E-state index is 6.27. The summed E-state index contributed by atoms with van der Waals surface area (Å²) in [5.41, 5.74) is 8.70. The van der Waals surface area contributed by atoms with Crippen LogP contribution < -0.4 is 5.73 Å². The third kappa shape index (κ3) is 2.96. The van der Waals surface area contributed by atoms with Crippen molar-refractivity contribution in [2.75, 3.05) is 0 Å². The Hall–Kier alpha value is -0.530. The molecule has 0 spiro atoms. The van der Waals surface area contributed by atoms with Crippen LogP contribution in [0.1, 0.15) is 43.9 Å². The summed E-state index contributed by atoms with van der Waals surface area (Å²) in [6.07, 6.45) is 2.23. The predicted octanol–water partition coefficient (Wildman–Crippen LogP) is 4.08. The van der Waals surface area contributed by atoms with Crippen molar-refractivity contribution in [3.05, 3.63) is 34.3 Å². The van der Waals surface area contributed by atoms with Crippen LogP contribution in [0.25, 0.3) is 0 Å². The fourth-order valence-electron chi connectivity index (χ4n) is 2.02. The number of rotatable bonds is 4. The molecule has 15 heavy (non-hydrogen) atoms. The first-order chi connectivity index (χ1) is 7.10. The molecular formula is C13H20ClN. The van der Waals surface area contributed by atoms with Crippen LogP contribution in [0.15, 0.2) is 18.2 Å². The second-order valence-electron chi connectivity index (χ2n) is 4.10. The molecule has 0 aliphatic heterocycles. The van der Waals surface area contributed by atoms with Crippen molar-refractivity contribution in [3.63, 3.8) is 0 Å². The molecule has 0 aliphatic carbocycles. The van der Waals surface area contributed by atoms with Gasteiger partial charge in [-0.2, -0.15) is 0 Å². The SMILES string of the molecule is CCC(CC)C(N)c1cc(Cl)ccc1C. The summed E-state index contributed by atoms with van der Waals surface area (Å²) in [5.74, 6) is 0.544. The molecular weight excluding hydrogens is 206 g/mol. The normalized spacial score (nSPS) is 13.2. The van der Waals surface area contributed by atoms with Gasteiger partial charge in [-0.25, -0.2) is 0 Å². The van der Waals surface area contributed by atoms with Gasteiger partial charge in [-0.15, -0.1) is 0 Å². The molecule has 1 rings (SSSR count). The number of benzene rings is 1. The number of hydrogen-bond acceptors (Lipinski definition) is 1. The van der Waals surface area contributed by atoms with E-state index < -0.39 is 0 Å². The maximum Gasteiger partial charge on any atom is 0.0409 e. The van der Waals surface area contributed by atoms with Crippen LogP contribution in [0.5, 0.6) is 0 Å². The van der Waals surface area contributed by atoms with Crippen LogP contribution in [0, 0.1) is 12.8 Å². The zero-order valence-electron chi connectivity index (χ0n) is 9.76. The van der Waals surface area contributed by atoms with Gasteiger partial charge >= 0.3 is 0 Å². The predicted molar refractivity (Wildman–Crippen MR) is 67.2 cm³/mol. The van der Waals surface area contributed by atoms with Crippen molar-refractivity contribution < 1.29 is 0 Å². The minimum atomic E-state index is 0.110. The summed E-state index contributed by atoms with van der Waals surface area (Å²) in [4.78, 5) is 0. The molecule has 1 nitrogen and oxygen atoms in total. The van der Waals surface area contributed by atoms with Crippen molar-refractivity contribution in [1.29, 1.82) is 0 Å². The number of halogens is 1. The lowest BCUT2D eigenvalue weighted by molar-refractivity contribution is 0.404. The van der Waals surface area contributed by atoms with Crippen molar-refractivity contribution in [1.82, 2.24) is 0 Å². The summed E-state index contributed by atoms with van der Waals surface area (Å²) < 4.78 is 0. The van der Waals surface area contributed by atoms with E-state index >= 15 is 0 Å². The van der Waals surface area contributed by atoms with Crippen LogP contribution in [0.3, 0.4) is 0 Å². The lowest BCUT2D eigenvalue weighted by Gasteiger charge is -2.23. The third-order valence-corrected chi connectivity index (χ3v) is 3.39. The van der Waals surface area contributed by atoms with Crippen LogP contribution in [-0.2, 0) is 0 Å². The molecule has 0 bridgehead atoms.